The number of Topliss-reactive ketones (excluding diaryl/α,β-unsaturated/α-hetero) is 1. The third-order valence-corrected chi connectivity index (χ3v) is 4.26. The lowest BCUT2D eigenvalue weighted by molar-refractivity contribution is 0.0990. The van der Waals surface area contributed by atoms with Gasteiger partial charge in [-0.05, 0) is 47.5 Å². The van der Waals surface area contributed by atoms with Crippen molar-refractivity contribution >= 4 is 17.4 Å². The number of carbonyl (C=O) groups is 1. The van der Waals surface area contributed by atoms with E-state index in [0.29, 0.717) is 11.1 Å². The van der Waals surface area contributed by atoms with Gasteiger partial charge in [0.2, 0.25) is 0 Å². The first-order valence-electron chi connectivity index (χ1n) is 7.61. The second kappa shape index (κ2) is 7.22. The van der Waals surface area contributed by atoms with E-state index in [-0.39, 0.29) is 10.6 Å². The highest BCUT2D eigenvalue weighted by atomic mass is 35.5. The molecule has 1 N–H and O–H groups in total. The fourth-order valence-corrected chi connectivity index (χ4v) is 2.81. The van der Waals surface area contributed by atoms with E-state index < -0.39 is 41.0 Å². The summed E-state index contributed by atoms with van der Waals surface area (Å²) in [4.78, 5) is 12.5. The molecule has 0 aliphatic carbocycles. The van der Waals surface area contributed by atoms with Crippen LogP contribution in [-0.2, 0) is 6.42 Å². The highest BCUT2D eigenvalue weighted by Crippen LogP contribution is 2.28. The molecule has 0 amide bonds. The van der Waals surface area contributed by atoms with E-state index in [4.69, 9.17) is 11.6 Å². The van der Waals surface area contributed by atoms with E-state index in [2.05, 4.69) is 0 Å². The van der Waals surface area contributed by atoms with Gasteiger partial charge in [0.25, 0.3) is 0 Å². The van der Waals surface area contributed by atoms with Crippen molar-refractivity contribution in [3.8, 4) is 16.9 Å². The Hall–Kier alpha value is -2.79. The first-order valence-corrected chi connectivity index (χ1v) is 7.99. The van der Waals surface area contributed by atoms with Crippen LogP contribution in [0.25, 0.3) is 11.1 Å². The largest absolute Gasteiger partial charge is 0.505 e. The zero-order chi connectivity index (χ0) is 18.8. The molecule has 0 fully saturated rings. The molecule has 3 aromatic carbocycles. The van der Waals surface area contributed by atoms with Gasteiger partial charge in [-0.15, -0.1) is 0 Å². The predicted molar refractivity (Wildman–Crippen MR) is 92.9 cm³/mol. The molecular weight excluding hydrogens is 365 g/mol. The quantitative estimate of drug-likeness (QED) is 0.606. The van der Waals surface area contributed by atoms with Gasteiger partial charge in [0.15, 0.2) is 17.3 Å². The summed E-state index contributed by atoms with van der Waals surface area (Å²) in [6.07, 6.45) is -0.613. The van der Waals surface area contributed by atoms with Crippen molar-refractivity contribution in [2.24, 2.45) is 0 Å². The normalized spacial score (nSPS) is 10.8. The molecule has 0 atom stereocenters. The first kappa shape index (κ1) is 18.0. The topological polar surface area (TPSA) is 37.3 Å². The SMILES string of the molecule is O=C(Cc1c(F)ccc(O)c1F)c1cc(-c2cccc(F)c2)ccc1Cl. The van der Waals surface area contributed by atoms with Crippen LogP contribution >= 0.6 is 11.6 Å². The van der Waals surface area contributed by atoms with Crippen LogP contribution in [0.4, 0.5) is 13.2 Å². The predicted octanol–water partition coefficient (Wildman–Crippen LogP) is 5.56. The molecule has 0 aliphatic heterocycles. The van der Waals surface area contributed by atoms with Gasteiger partial charge in [-0.25, -0.2) is 13.2 Å². The zero-order valence-electron chi connectivity index (χ0n) is 13.3. The van der Waals surface area contributed by atoms with Gasteiger partial charge >= 0.3 is 0 Å². The Labute approximate surface area is 152 Å². The fourth-order valence-electron chi connectivity index (χ4n) is 2.59. The number of hydrogen-bond acceptors (Lipinski definition) is 2. The van der Waals surface area contributed by atoms with Crippen molar-refractivity contribution in [3.63, 3.8) is 0 Å². The van der Waals surface area contributed by atoms with Crippen LogP contribution in [-0.4, -0.2) is 10.9 Å². The van der Waals surface area contributed by atoms with E-state index >= 15 is 0 Å². The Bertz CT molecular complexity index is 1000. The average molecular weight is 377 g/mol. The van der Waals surface area contributed by atoms with Gasteiger partial charge in [-0.2, -0.15) is 0 Å². The van der Waals surface area contributed by atoms with Crippen molar-refractivity contribution < 1.29 is 23.1 Å². The van der Waals surface area contributed by atoms with Crippen molar-refractivity contribution in [2.75, 3.05) is 0 Å². The molecule has 132 valence electrons. The maximum absolute atomic E-state index is 13.9. The summed E-state index contributed by atoms with van der Waals surface area (Å²) >= 11 is 6.06. The third kappa shape index (κ3) is 3.58. The number of aromatic hydroxyl groups is 1. The Morgan fingerprint density at radius 3 is 2.42 bits per heavy atom. The average Bonchev–Trinajstić information content (AvgIpc) is 2.62. The zero-order valence-corrected chi connectivity index (χ0v) is 14.0. The van der Waals surface area contributed by atoms with Crippen LogP contribution in [0.5, 0.6) is 5.75 Å². The summed E-state index contributed by atoms with van der Waals surface area (Å²) in [6, 6.07) is 12.0. The number of halogens is 4. The molecule has 3 rings (SSSR count). The number of benzene rings is 3. The van der Waals surface area contributed by atoms with E-state index in [1.807, 2.05) is 0 Å². The summed E-state index contributed by atoms with van der Waals surface area (Å²) in [7, 11) is 0. The molecule has 0 saturated heterocycles. The molecule has 3 aromatic rings. The number of phenols is 1. The van der Waals surface area contributed by atoms with Gasteiger partial charge in [0.1, 0.15) is 11.6 Å². The number of carbonyl (C=O) groups excluding carboxylic acids is 1. The Kier molecular flexibility index (Phi) is 5.00. The number of rotatable bonds is 4. The summed E-state index contributed by atoms with van der Waals surface area (Å²) in [6.45, 7) is 0. The minimum Gasteiger partial charge on any atom is -0.505 e. The first-order chi connectivity index (χ1) is 12.4. The van der Waals surface area contributed by atoms with E-state index in [0.717, 1.165) is 12.1 Å². The van der Waals surface area contributed by atoms with E-state index in [1.54, 1.807) is 12.1 Å². The van der Waals surface area contributed by atoms with Gasteiger partial charge in [-0.1, -0.05) is 29.8 Å². The van der Waals surface area contributed by atoms with Crippen LogP contribution in [0, 0.1) is 17.5 Å². The molecule has 0 unspecified atom stereocenters. The standard InChI is InChI=1S/C20H12ClF3O2/c21-16-5-4-12(11-2-1-3-13(22)8-11)9-14(16)19(26)10-15-17(23)6-7-18(25)20(15)24/h1-9,25H,10H2. The Balaban J connectivity index is 1.98. The van der Waals surface area contributed by atoms with Gasteiger partial charge < -0.3 is 5.11 Å². The highest BCUT2D eigenvalue weighted by Gasteiger charge is 2.19. The molecule has 0 heterocycles. The Morgan fingerprint density at radius 2 is 1.69 bits per heavy atom. The monoisotopic (exact) mass is 376 g/mol. The minimum absolute atomic E-state index is 0.0515. The van der Waals surface area contributed by atoms with Crippen LogP contribution in [0.2, 0.25) is 5.02 Å². The molecular formula is C20H12ClF3O2. The van der Waals surface area contributed by atoms with E-state index in [9.17, 15) is 23.1 Å². The summed E-state index contributed by atoms with van der Waals surface area (Å²) in [5.74, 6) is -3.93. The Morgan fingerprint density at radius 1 is 0.962 bits per heavy atom. The second-order valence-corrected chi connectivity index (χ2v) is 6.07. The minimum atomic E-state index is -1.18. The molecule has 0 saturated carbocycles. The lowest BCUT2D eigenvalue weighted by Gasteiger charge is -2.09. The molecule has 0 radical (unpaired) electrons. The molecule has 2 nitrogen and oxygen atoms in total. The molecule has 6 heteroatoms. The number of ketones is 1. The fraction of sp³-hybridized carbons (Fsp3) is 0.0500. The van der Waals surface area contributed by atoms with Gasteiger partial charge in [-0.3, -0.25) is 4.79 Å². The smallest absolute Gasteiger partial charge is 0.171 e. The number of hydrogen-bond donors (Lipinski definition) is 1. The van der Waals surface area contributed by atoms with Crippen LogP contribution in [0.15, 0.2) is 54.6 Å². The van der Waals surface area contributed by atoms with Crippen LogP contribution in [0.1, 0.15) is 15.9 Å². The number of phenolic OH excluding ortho intramolecular Hbond substituents is 1. The molecule has 0 aromatic heterocycles. The van der Waals surface area contributed by atoms with Crippen LogP contribution < -0.4 is 0 Å². The molecule has 0 spiro atoms. The lowest BCUT2D eigenvalue weighted by Crippen LogP contribution is -2.08. The van der Waals surface area contributed by atoms with E-state index in [1.165, 1.54) is 30.3 Å². The maximum Gasteiger partial charge on any atom is 0.171 e. The molecule has 26 heavy (non-hydrogen) atoms. The summed E-state index contributed by atoms with van der Waals surface area (Å²) in [5.41, 5.74) is 0.581. The van der Waals surface area contributed by atoms with Crippen molar-refractivity contribution in [3.05, 3.63) is 88.2 Å². The summed E-state index contributed by atoms with van der Waals surface area (Å²) in [5, 5.41) is 9.47. The maximum atomic E-state index is 13.9. The lowest BCUT2D eigenvalue weighted by atomic mass is 9.97. The van der Waals surface area contributed by atoms with Gasteiger partial charge in [0, 0.05) is 17.5 Å². The van der Waals surface area contributed by atoms with Crippen LogP contribution in [0.3, 0.4) is 0 Å². The second-order valence-electron chi connectivity index (χ2n) is 5.66. The molecule has 0 aliphatic rings. The van der Waals surface area contributed by atoms with Gasteiger partial charge in [0.05, 0.1) is 5.02 Å². The third-order valence-electron chi connectivity index (χ3n) is 3.93. The van der Waals surface area contributed by atoms with Crippen molar-refractivity contribution in [2.45, 2.75) is 6.42 Å². The van der Waals surface area contributed by atoms with Crippen molar-refractivity contribution in [1.82, 2.24) is 0 Å². The van der Waals surface area contributed by atoms with Crippen molar-refractivity contribution in [1.29, 1.82) is 0 Å². The summed E-state index contributed by atoms with van der Waals surface area (Å²) < 4.78 is 41.1. The molecule has 0 bridgehead atoms. The highest BCUT2D eigenvalue weighted by molar-refractivity contribution is 6.34.